The van der Waals surface area contributed by atoms with Gasteiger partial charge < -0.3 is 14.2 Å². The van der Waals surface area contributed by atoms with E-state index in [4.69, 9.17) is 14.2 Å². The molecule has 1 aliphatic carbocycles. The van der Waals surface area contributed by atoms with Crippen LogP contribution in [0, 0.1) is 17.8 Å². The Morgan fingerprint density at radius 3 is 1.86 bits per heavy atom. The first-order valence-electron chi connectivity index (χ1n) is 12.6. The zero-order valence-electron chi connectivity index (χ0n) is 21.4. The van der Waals surface area contributed by atoms with Crippen LogP contribution in [0.2, 0.25) is 0 Å². The summed E-state index contributed by atoms with van der Waals surface area (Å²) in [6, 6.07) is 21.5. The first-order chi connectivity index (χ1) is 17.3. The molecule has 4 rings (SSSR count). The molecular formula is C31H34O5. The van der Waals surface area contributed by atoms with E-state index in [-0.39, 0.29) is 12.1 Å². The van der Waals surface area contributed by atoms with Crippen LogP contribution in [0.3, 0.4) is 0 Å². The number of rotatable bonds is 7. The van der Waals surface area contributed by atoms with Gasteiger partial charge in [0, 0.05) is 0 Å². The number of carbonyl (C=O) groups is 2. The van der Waals surface area contributed by atoms with Gasteiger partial charge in [0.15, 0.2) is 0 Å². The van der Waals surface area contributed by atoms with Crippen LogP contribution in [-0.2, 0) is 4.74 Å². The van der Waals surface area contributed by atoms with E-state index in [1.54, 1.807) is 43.5 Å². The van der Waals surface area contributed by atoms with Crippen molar-refractivity contribution in [1.82, 2.24) is 0 Å². The normalized spacial score (nSPS) is 19.5. The molecule has 0 saturated heterocycles. The van der Waals surface area contributed by atoms with E-state index in [9.17, 15) is 9.59 Å². The van der Waals surface area contributed by atoms with Gasteiger partial charge in [0.05, 0.1) is 18.2 Å². The van der Waals surface area contributed by atoms with E-state index in [1.165, 1.54) is 6.42 Å². The highest BCUT2D eigenvalue weighted by Crippen LogP contribution is 2.36. The fourth-order valence-electron chi connectivity index (χ4n) is 4.86. The van der Waals surface area contributed by atoms with Crippen LogP contribution in [0.4, 0.5) is 0 Å². The number of hydrogen-bond donors (Lipinski definition) is 0. The Labute approximate surface area is 213 Å². The van der Waals surface area contributed by atoms with Crippen molar-refractivity contribution in [1.29, 1.82) is 0 Å². The van der Waals surface area contributed by atoms with Gasteiger partial charge in [0.1, 0.15) is 17.6 Å². The predicted molar refractivity (Wildman–Crippen MR) is 140 cm³/mol. The molecule has 3 atom stereocenters. The van der Waals surface area contributed by atoms with Crippen molar-refractivity contribution >= 4 is 11.9 Å². The minimum atomic E-state index is -0.430. The Bertz CT molecular complexity index is 1160. The molecule has 0 N–H and O–H groups in total. The Balaban J connectivity index is 1.37. The van der Waals surface area contributed by atoms with Crippen molar-refractivity contribution in [2.45, 2.75) is 46.1 Å². The standard InChI is InChI=1S/C31H34O5/c1-20(2)28-18-5-21(3)19-29(28)36-31(33)24-8-6-22(7-9-24)23-10-16-27(17-11-23)35-30(32)25-12-14-26(34-4)15-13-25/h6-17,20-21,28-29H,5,18-19H2,1-4H3. The molecule has 0 bridgehead atoms. The van der Waals surface area contributed by atoms with E-state index >= 15 is 0 Å². The van der Waals surface area contributed by atoms with Gasteiger partial charge in [0.2, 0.25) is 0 Å². The molecular weight excluding hydrogens is 452 g/mol. The van der Waals surface area contributed by atoms with Crippen molar-refractivity contribution < 1.29 is 23.8 Å². The molecule has 3 unspecified atom stereocenters. The Morgan fingerprint density at radius 2 is 1.28 bits per heavy atom. The summed E-state index contributed by atoms with van der Waals surface area (Å²) in [5.74, 6) is 1.95. The summed E-state index contributed by atoms with van der Waals surface area (Å²) >= 11 is 0. The van der Waals surface area contributed by atoms with Gasteiger partial charge in [-0.25, -0.2) is 9.59 Å². The summed E-state index contributed by atoms with van der Waals surface area (Å²) < 4.78 is 16.6. The molecule has 0 aromatic heterocycles. The highest BCUT2D eigenvalue weighted by Gasteiger charge is 2.33. The van der Waals surface area contributed by atoms with Gasteiger partial charge >= 0.3 is 11.9 Å². The second kappa shape index (κ2) is 11.4. The van der Waals surface area contributed by atoms with Crippen molar-refractivity contribution in [2.75, 3.05) is 7.11 Å². The molecule has 5 nitrogen and oxygen atoms in total. The lowest BCUT2D eigenvalue weighted by molar-refractivity contribution is -0.0174. The van der Waals surface area contributed by atoms with E-state index in [0.717, 1.165) is 24.0 Å². The Morgan fingerprint density at radius 1 is 0.750 bits per heavy atom. The minimum absolute atomic E-state index is 0.0194. The predicted octanol–water partition coefficient (Wildman–Crippen LogP) is 7.20. The van der Waals surface area contributed by atoms with Crippen molar-refractivity contribution in [3.05, 3.63) is 83.9 Å². The zero-order chi connectivity index (χ0) is 25.7. The van der Waals surface area contributed by atoms with E-state index in [0.29, 0.717) is 40.4 Å². The summed E-state index contributed by atoms with van der Waals surface area (Å²) in [4.78, 5) is 25.2. The highest BCUT2D eigenvalue weighted by atomic mass is 16.5. The molecule has 0 spiro atoms. The first kappa shape index (κ1) is 25.5. The molecule has 0 amide bonds. The lowest BCUT2D eigenvalue weighted by atomic mass is 9.75. The molecule has 36 heavy (non-hydrogen) atoms. The maximum Gasteiger partial charge on any atom is 0.343 e. The SMILES string of the molecule is COc1ccc(C(=O)Oc2ccc(-c3ccc(C(=O)OC4CC(C)CCC4C(C)C)cc3)cc2)cc1. The molecule has 0 aliphatic heterocycles. The maximum atomic E-state index is 12.9. The highest BCUT2D eigenvalue weighted by molar-refractivity contribution is 5.91. The van der Waals surface area contributed by atoms with Crippen molar-refractivity contribution in [2.24, 2.45) is 17.8 Å². The smallest absolute Gasteiger partial charge is 0.343 e. The minimum Gasteiger partial charge on any atom is -0.497 e. The van der Waals surface area contributed by atoms with Gasteiger partial charge in [-0.1, -0.05) is 51.5 Å². The van der Waals surface area contributed by atoms with Crippen LogP contribution >= 0.6 is 0 Å². The van der Waals surface area contributed by atoms with Crippen LogP contribution < -0.4 is 9.47 Å². The molecule has 0 radical (unpaired) electrons. The summed E-state index contributed by atoms with van der Waals surface area (Å²) in [6.45, 7) is 6.65. The Hall–Kier alpha value is -3.60. The fraction of sp³-hybridized carbons (Fsp3) is 0.355. The summed E-state index contributed by atoms with van der Waals surface area (Å²) in [7, 11) is 1.58. The zero-order valence-corrected chi connectivity index (χ0v) is 21.4. The Kier molecular flexibility index (Phi) is 8.09. The number of hydrogen-bond acceptors (Lipinski definition) is 5. The van der Waals surface area contributed by atoms with Gasteiger partial charge in [-0.3, -0.25) is 0 Å². The van der Waals surface area contributed by atoms with E-state index < -0.39 is 5.97 Å². The lowest BCUT2D eigenvalue weighted by Gasteiger charge is -2.36. The monoisotopic (exact) mass is 486 g/mol. The number of benzene rings is 3. The summed E-state index contributed by atoms with van der Waals surface area (Å²) in [5, 5.41) is 0. The molecule has 1 fully saturated rings. The number of esters is 2. The summed E-state index contributed by atoms with van der Waals surface area (Å²) in [6.07, 6.45) is 3.22. The first-order valence-corrected chi connectivity index (χ1v) is 12.6. The summed E-state index contributed by atoms with van der Waals surface area (Å²) in [5.41, 5.74) is 2.93. The van der Waals surface area contributed by atoms with E-state index in [1.807, 2.05) is 36.4 Å². The van der Waals surface area contributed by atoms with Crippen LogP contribution in [0.25, 0.3) is 11.1 Å². The fourth-order valence-corrected chi connectivity index (χ4v) is 4.86. The third-order valence-electron chi connectivity index (χ3n) is 7.06. The second-order valence-corrected chi connectivity index (χ2v) is 9.99. The van der Waals surface area contributed by atoms with Crippen LogP contribution in [0.15, 0.2) is 72.8 Å². The number of methoxy groups -OCH3 is 1. The van der Waals surface area contributed by atoms with E-state index in [2.05, 4.69) is 20.8 Å². The quantitative estimate of drug-likeness (QED) is 0.261. The van der Waals surface area contributed by atoms with Crippen molar-refractivity contribution in [3.63, 3.8) is 0 Å². The molecule has 3 aromatic carbocycles. The van der Waals surface area contributed by atoms with Gasteiger partial charge in [0.25, 0.3) is 0 Å². The maximum absolute atomic E-state index is 12.9. The number of ether oxygens (including phenoxy) is 3. The van der Waals surface area contributed by atoms with Crippen LogP contribution in [-0.4, -0.2) is 25.2 Å². The van der Waals surface area contributed by atoms with Crippen LogP contribution in [0.5, 0.6) is 11.5 Å². The van der Waals surface area contributed by atoms with Gasteiger partial charge in [-0.2, -0.15) is 0 Å². The molecule has 188 valence electrons. The largest absolute Gasteiger partial charge is 0.497 e. The molecule has 5 heteroatoms. The van der Waals surface area contributed by atoms with Crippen molar-refractivity contribution in [3.8, 4) is 22.6 Å². The lowest BCUT2D eigenvalue weighted by Crippen LogP contribution is -2.35. The third kappa shape index (κ3) is 6.14. The second-order valence-electron chi connectivity index (χ2n) is 9.99. The molecule has 0 heterocycles. The van der Waals surface area contributed by atoms with Gasteiger partial charge in [-0.05, 0) is 90.3 Å². The average Bonchev–Trinajstić information content (AvgIpc) is 2.89. The molecule has 1 saturated carbocycles. The number of carbonyl (C=O) groups excluding carboxylic acids is 2. The average molecular weight is 487 g/mol. The third-order valence-corrected chi connectivity index (χ3v) is 7.06. The van der Waals surface area contributed by atoms with Gasteiger partial charge in [-0.15, -0.1) is 0 Å². The van der Waals surface area contributed by atoms with Crippen LogP contribution in [0.1, 0.15) is 60.7 Å². The topological polar surface area (TPSA) is 61.8 Å². The molecule has 1 aliphatic rings. The molecule has 3 aromatic rings.